The quantitative estimate of drug-likeness (QED) is 0.842. The minimum Gasteiger partial charge on any atom is -0.330 e. The van der Waals surface area contributed by atoms with Crippen molar-refractivity contribution in [1.82, 2.24) is 9.88 Å². The first-order chi connectivity index (χ1) is 8.40. The highest BCUT2D eigenvalue weighted by atomic mass is 15.1. The van der Waals surface area contributed by atoms with Crippen molar-refractivity contribution < 1.29 is 0 Å². The van der Waals surface area contributed by atoms with E-state index >= 15 is 0 Å². The van der Waals surface area contributed by atoms with Gasteiger partial charge in [-0.15, -0.1) is 0 Å². The summed E-state index contributed by atoms with van der Waals surface area (Å²) in [5.74, 6) is 0.567. The molecule has 0 radical (unpaired) electrons. The lowest BCUT2D eigenvalue weighted by molar-refractivity contribution is 0.216. The van der Waals surface area contributed by atoms with E-state index in [1.807, 2.05) is 12.4 Å². The summed E-state index contributed by atoms with van der Waals surface area (Å²) in [5.41, 5.74) is 7.54. The molecule has 0 fully saturated rings. The van der Waals surface area contributed by atoms with Crippen LogP contribution >= 0.6 is 0 Å². The van der Waals surface area contributed by atoms with Gasteiger partial charge in [-0.2, -0.15) is 0 Å². The second-order valence-corrected chi connectivity index (χ2v) is 6.42. The van der Waals surface area contributed by atoms with Crippen LogP contribution in [0.3, 0.4) is 0 Å². The third kappa shape index (κ3) is 6.12. The second-order valence-electron chi connectivity index (χ2n) is 6.42. The molecule has 3 nitrogen and oxygen atoms in total. The van der Waals surface area contributed by atoms with Crippen molar-refractivity contribution in [3.63, 3.8) is 0 Å². The normalized spacial score (nSPS) is 13.9. The predicted octanol–water partition coefficient (Wildman–Crippen LogP) is 2.52. The number of rotatable bonds is 6. The van der Waals surface area contributed by atoms with Crippen LogP contribution < -0.4 is 5.73 Å². The average Bonchev–Trinajstić information content (AvgIpc) is 2.27. The third-order valence-corrected chi connectivity index (χ3v) is 3.01. The first kappa shape index (κ1) is 15.1. The van der Waals surface area contributed by atoms with E-state index in [4.69, 9.17) is 5.73 Å². The summed E-state index contributed by atoms with van der Waals surface area (Å²) in [5, 5.41) is 0. The van der Waals surface area contributed by atoms with Crippen molar-refractivity contribution in [1.29, 1.82) is 0 Å². The minimum absolute atomic E-state index is 0.349. The topological polar surface area (TPSA) is 42.2 Å². The lowest BCUT2D eigenvalue weighted by atomic mass is 9.84. The third-order valence-electron chi connectivity index (χ3n) is 3.01. The molecular formula is C15H27N3. The zero-order valence-electron chi connectivity index (χ0n) is 12.2. The Labute approximate surface area is 111 Å². The molecule has 1 heterocycles. The van der Waals surface area contributed by atoms with E-state index in [9.17, 15) is 0 Å². The van der Waals surface area contributed by atoms with Gasteiger partial charge in [0.1, 0.15) is 0 Å². The summed E-state index contributed by atoms with van der Waals surface area (Å²) in [6.45, 7) is 9.60. The fourth-order valence-electron chi connectivity index (χ4n) is 2.39. The van der Waals surface area contributed by atoms with Crippen LogP contribution in [0.5, 0.6) is 0 Å². The van der Waals surface area contributed by atoms with Crippen LogP contribution in [0.15, 0.2) is 24.5 Å². The van der Waals surface area contributed by atoms with Gasteiger partial charge in [0.2, 0.25) is 0 Å². The van der Waals surface area contributed by atoms with Gasteiger partial charge in [0, 0.05) is 25.5 Å². The van der Waals surface area contributed by atoms with Gasteiger partial charge < -0.3 is 10.6 Å². The predicted molar refractivity (Wildman–Crippen MR) is 77.2 cm³/mol. The first-order valence-electron chi connectivity index (χ1n) is 6.68. The van der Waals surface area contributed by atoms with Crippen LogP contribution in [0.4, 0.5) is 0 Å². The largest absolute Gasteiger partial charge is 0.330 e. The maximum absolute atomic E-state index is 5.88. The number of nitrogens with zero attached hydrogens (tertiary/aromatic N) is 2. The van der Waals surface area contributed by atoms with Gasteiger partial charge in [0.15, 0.2) is 0 Å². The Balaban J connectivity index is 2.45. The van der Waals surface area contributed by atoms with E-state index < -0.39 is 0 Å². The number of nitrogens with two attached hydrogens (primary N) is 1. The summed E-state index contributed by atoms with van der Waals surface area (Å²) < 4.78 is 0. The molecule has 3 heteroatoms. The summed E-state index contributed by atoms with van der Waals surface area (Å²) in [4.78, 5) is 6.39. The maximum Gasteiger partial charge on any atom is 0.0271 e. The number of hydrogen-bond acceptors (Lipinski definition) is 3. The Hall–Kier alpha value is -0.930. The maximum atomic E-state index is 5.88. The summed E-state index contributed by atoms with van der Waals surface area (Å²) in [6, 6.07) is 4.13. The van der Waals surface area contributed by atoms with E-state index in [-0.39, 0.29) is 0 Å². The van der Waals surface area contributed by atoms with Crippen molar-refractivity contribution in [2.75, 3.05) is 20.1 Å². The molecule has 2 N–H and O–H groups in total. The molecule has 0 amide bonds. The van der Waals surface area contributed by atoms with Crippen LogP contribution in [-0.4, -0.2) is 30.0 Å². The molecule has 1 unspecified atom stereocenters. The van der Waals surface area contributed by atoms with E-state index in [1.54, 1.807) is 0 Å². The van der Waals surface area contributed by atoms with E-state index in [0.29, 0.717) is 11.3 Å². The smallest absolute Gasteiger partial charge is 0.0271 e. The summed E-state index contributed by atoms with van der Waals surface area (Å²) in [6.07, 6.45) is 4.86. The molecule has 1 rings (SSSR count). The SMILES string of the molecule is CN(Cc1ccncc1)CC(CN)CC(C)(C)C. The minimum atomic E-state index is 0.349. The molecule has 0 bridgehead atoms. The number of aromatic nitrogens is 1. The number of pyridine rings is 1. The van der Waals surface area contributed by atoms with Crippen LogP contribution in [0.2, 0.25) is 0 Å². The van der Waals surface area contributed by atoms with Crippen LogP contribution in [0, 0.1) is 11.3 Å². The highest BCUT2D eigenvalue weighted by Gasteiger charge is 2.18. The molecule has 1 aromatic heterocycles. The van der Waals surface area contributed by atoms with Gasteiger partial charge in [-0.3, -0.25) is 4.98 Å². The van der Waals surface area contributed by atoms with Crippen LogP contribution in [0.25, 0.3) is 0 Å². The Bertz CT molecular complexity index is 329. The van der Waals surface area contributed by atoms with Gasteiger partial charge in [-0.05, 0) is 49.0 Å². The van der Waals surface area contributed by atoms with Crippen LogP contribution in [0.1, 0.15) is 32.8 Å². The fraction of sp³-hybridized carbons (Fsp3) is 0.667. The lowest BCUT2D eigenvalue weighted by Gasteiger charge is -2.28. The standard InChI is InChI=1S/C15H27N3/c1-15(2,3)9-14(10-16)12-18(4)11-13-5-7-17-8-6-13/h5-8,14H,9-12,16H2,1-4H3. The molecule has 0 aliphatic rings. The van der Waals surface area contributed by atoms with Gasteiger partial charge in [0.05, 0.1) is 0 Å². The van der Waals surface area contributed by atoms with E-state index in [1.165, 1.54) is 12.0 Å². The summed E-state index contributed by atoms with van der Waals surface area (Å²) in [7, 11) is 2.16. The van der Waals surface area contributed by atoms with Gasteiger partial charge in [-0.1, -0.05) is 20.8 Å². The van der Waals surface area contributed by atoms with E-state index in [0.717, 1.165) is 19.6 Å². The van der Waals surface area contributed by atoms with Crippen molar-refractivity contribution in [3.05, 3.63) is 30.1 Å². The average molecular weight is 249 g/mol. The molecule has 18 heavy (non-hydrogen) atoms. The van der Waals surface area contributed by atoms with Gasteiger partial charge >= 0.3 is 0 Å². The highest BCUT2D eigenvalue weighted by molar-refractivity contribution is 5.09. The molecule has 1 atom stereocenters. The first-order valence-corrected chi connectivity index (χ1v) is 6.68. The van der Waals surface area contributed by atoms with Crippen molar-refractivity contribution in [2.24, 2.45) is 17.1 Å². The van der Waals surface area contributed by atoms with Crippen molar-refractivity contribution >= 4 is 0 Å². The Morgan fingerprint density at radius 1 is 1.28 bits per heavy atom. The fourth-order valence-corrected chi connectivity index (χ4v) is 2.39. The van der Waals surface area contributed by atoms with Gasteiger partial charge in [0.25, 0.3) is 0 Å². The molecule has 0 aromatic carbocycles. The molecule has 1 aromatic rings. The molecule has 0 aliphatic heterocycles. The molecule has 0 saturated heterocycles. The summed E-state index contributed by atoms with van der Waals surface area (Å²) >= 11 is 0. The molecule has 0 aliphatic carbocycles. The van der Waals surface area contributed by atoms with Crippen molar-refractivity contribution in [2.45, 2.75) is 33.7 Å². The van der Waals surface area contributed by atoms with Crippen LogP contribution in [-0.2, 0) is 6.54 Å². The zero-order valence-corrected chi connectivity index (χ0v) is 12.2. The molecule has 0 spiro atoms. The van der Waals surface area contributed by atoms with E-state index in [2.05, 4.69) is 49.8 Å². The Kier molecular flexibility index (Phi) is 5.76. The number of hydrogen-bond donors (Lipinski definition) is 1. The Morgan fingerprint density at radius 3 is 2.39 bits per heavy atom. The highest BCUT2D eigenvalue weighted by Crippen LogP contribution is 2.24. The Morgan fingerprint density at radius 2 is 1.89 bits per heavy atom. The lowest BCUT2D eigenvalue weighted by Crippen LogP contribution is -2.32. The molecular weight excluding hydrogens is 222 g/mol. The monoisotopic (exact) mass is 249 g/mol. The molecule has 102 valence electrons. The van der Waals surface area contributed by atoms with Gasteiger partial charge in [-0.25, -0.2) is 0 Å². The zero-order chi connectivity index (χ0) is 13.6. The second kappa shape index (κ2) is 6.86. The molecule has 0 saturated carbocycles. The van der Waals surface area contributed by atoms with Crippen molar-refractivity contribution in [3.8, 4) is 0 Å².